The second kappa shape index (κ2) is 6.53. The van der Waals surface area contributed by atoms with Crippen LogP contribution in [0, 0.1) is 13.8 Å². The summed E-state index contributed by atoms with van der Waals surface area (Å²) in [5, 5.41) is 3.40. The van der Waals surface area contributed by atoms with Gasteiger partial charge in [0, 0.05) is 36.1 Å². The molecule has 0 amide bonds. The molecular formula is C17H22N2O. The summed E-state index contributed by atoms with van der Waals surface area (Å²) >= 11 is 0. The zero-order chi connectivity index (χ0) is 14.5. The number of rotatable bonds is 5. The summed E-state index contributed by atoms with van der Waals surface area (Å²) in [6.45, 7) is 9.05. The summed E-state index contributed by atoms with van der Waals surface area (Å²) in [4.78, 5) is 4.36. The maximum atomic E-state index is 6.02. The molecule has 1 aromatic carbocycles. The van der Waals surface area contributed by atoms with Crippen LogP contribution in [0.1, 0.15) is 30.7 Å². The maximum absolute atomic E-state index is 6.02. The standard InChI is InChI=1S/C17H22N2O/c1-12(2)18-10-15-11-19-14(4)9-17(15)20-16-7-5-6-13(3)8-16/h5-9,11-12,18H,10H2,1-4H3. The van der Waals surface area contributed by atoms with E-state index in [2.05, 4.69) is 37.1 Å². The average Bonchev–Trinajstić information content (AvgIpc) is 2.37. The lowest BCUT2D eigenvalue weighted by Gasteiger charge is -2.14. The Morgan fingerprint density at radius 2 is 2.00 bits per heavy atom. The maximum Gasteiger partial charge on any atom is 0.135 e. The Balaban J connectivity index is 2.22. The molecule has 3 heteroatoms. The van der Waals surface area contributed by atoms with Gasteiger partial charge in [-0.15, -0.1) is 0 Å². The van der Waals surface area contributed by atoms with E-state index in [0.717, 1.165) is 29.3 Å². The van der Waals surface area contributed by atoms with Gasteiger partial charge in [0.1, 0.15) is 11.5 Å². The molecule has 0 aliphatic carbocycles. The van der Waals surface area contributed by atoms with Crippen molar-refractivity contribution in [2.45, 2.75) is 40.3 Å². The van der Waals surface area contributed by atoms with Crippen molar-refractivity contribution >= 4 is 0 Å². The van der Waals surface area contributed by atoms with Gasteiger partial charge in [-0.3, -0.25) is 4.98 Å². The number of ether oxygens (including phenoxy) is 1. The van der Waals surface area contributed by atoms with Crippen LogP contribution in [0.3, 0.4) is 0 Å². The highest BCUT2D eigenvalue weighted by atomic mass is 16.5. The Morgan fingerprint density at radius 1 is 1.20 bits per heavy atom. The third kappa shape index (κ3) is 4.07. The molecule has 2 rings (SSSR count). The van der Waals surface area contributed by atoms with Crippen molar-refractivity contribution in [1.82, 2.24) is 10.3 Å². The molecule has 0 bridgehead atoms. The fourth-order valence-electron chi connectivity index (χ4n) is 1.91. The lowest BCUT2D eigenvalue weighted by Crippen LogP contribution is -2.22. The summed E-state index contributed by atoms with van der Waals surface area (Å²) in [5.74, 6) is 1.73. The second-order valence-corrected chi connectivity index (χ2v) is 5.39. The number of hydrogen-bond acceptors (Lipinski definition) is 3. The highest BCUT2D eigenvalue weighted by molar-refractivity contribution is 5.38. The molecule has 0 saturated heterocycles. The summed E-state index contributed by atoms with van der Waals surface area (Å²) < 4.78 is 6.02. The van der Waals surface area contributed by atoms with Crippen molar-refractivity contribution in [1.29, 1.82) is 0 Å². The van der Waals surface area contributed by atoms with Gasteiger partial charge in [-0.1, -0.05) is 26.0 Å². The minimum atomic E-state index is 0.433. The van der Waals surface area contributed by atoms with Gasteiger partial charge in [0.2, 0.25) is 0 Å². The molecule has 20 heavy (non-hydrogen) atoms. The molecule has 1 N–H and O–H groups in total. The fraction of sp³-hybridized carbons (Fsp3) is 0.353. The Kier molecular flexibility index (Phi) is 4.74. The van der Waals surface area contributed by atoms with E-state index in [-0.39, 0.29) is 0 Å². The molecule has 106 valence electrons. The largest absolute Gasteiger partial charge is 0.457 e. The van der Waals surface area contributed by atoms with Crippen LogP contribution in [0.4, 0.5) is 0 Å². The van der Waals surface area contributed by atoms with E-state index < -0.39 is 0 Å². The summed E-state index contributed by atoms with van der Waals surface area (Å²) in [6.07, 6.45) is 1.88. The highest BCUT2D eigenvalue weighted by Crippen LogP contribution is 2.26. The number of benzene rings is 1. The molecule has 0 radical (unpaired) electrons. The molecule has 0 saturated carbocycles. The van der Waals surface area contributed by atoms with Crippen LogP contribution in [0.15, 0.2) is 36.5 Å². The third-order valence-electron chi connectivity index (χ3n) is 3.00. The number of pyridine rings is 1. The topological polar surface area (TPSA) is 34.1 Å². The molecule has 3 nitrogen and oxygen atoms in total. The summed E-state index contributed by atoms with van der Waals surface area (Å²) in [6, 6.07) is 10.5. The molecule has 0 spiro atoms. The number of nitrogens with one attached hydrogen (secondary N) is 1. The average molecular weight is 270 g/mol. The van der Waals surface area contributed by atoms with Gasteiger partial charge in [0.25, 0.3) is 0 Å². The van der Waals surface area contributed by atoms with E-state index in [1.54, 1.807) is 0 Å². The van der Waals surface area contributed by atoms with E-state index >= 15 is 0 Å². The molecule has 0 aliphatic heterocycles. The van der Waals surface area contributed by atoms with Gasteiger partial charge >= 0.3 is 0 Å². The first-order valence-electron chi connectivity index (χ1n) is 6.98. The fourth-order valence-corrected chi connectivity index (χ4v) is 1.91. The monoisotopic (exact) mass is 270 g/mol. The third-order valence-corrected chi connectivity index (χ3v) is 3.00. The predicted octanol–water partition coefficient (Wildman–Crippen LogP) is 3.99. The number of aryl methyl sites for hydroxylation is 2. The molecule has 0 unspecified atom stereocenters. The quantitative estimate of drug-likeness (QED) is 0.892. The molecular weight excluding hydrogens is 248 g/mol. The lowest BCUT2D eigenvalue weighted by atomic mass is 10.2. The van der Waals surface area contributed by atoms with Crippen LogP contribution < -0.4 is 10.1 Å². The molecule has 1 aromatic heterocycles. The van der Waals surface area contributed by atoms with Gasteiger partial charge in [-0.2, -0.15) is 0 Å². The Labute approximate surface area is 121 Å². The van der Waals surface area contributed by atoms with Gasteiger partial charge in [-0.25, -0.2) is 0 Å². The van der Waals surface area contributed by atoms with E-state index in [4.69, 9.17) is 4.74 Å². The van der Waals surface area contributed by atoms with Crippen LogP contribution in [0.5, 0.6) is 11.5 Å². The first kappa shape index (κ1) is 14.5. The van der Waals surface area contributed by atoms with Gasteiger partial charge in [0.15, 0.2) is 0 Å². The first-order chi connectivity index (χ1) is 9.54. The number of nitrogens with zero attached hydrogens (tertiary/aromatic N) is 1. The second-order valence-electron chi connectivity index (χ2n) is 5.39. The molecule has 0 atom stereocenters. The molecule has 0 aliphatic rings. The zero-order valence-electron chi connectivity index (χ0n) is 12.6. The van der Waals surface area contributed by atoms with E-state index in [9.17, 15) is 0 Å². The highest BCUT2D eigenvalue weighted by Gasteiger charge is 2.07. The van der Waals surface area contributed by atoms with E-state index in [0.29, 0.717) is 6.04 Å². The van der Waals surface area contributed by atoms with Gasteiger partial charge < -0.3 is 10.1 Å². The summed E-state index contributed by atoms with van der Waals surface area (Å²) in [5.41, 5.74) is 3.22. The van der Waals surface area contributed by atoms with E-state index in [1.165, 1.54) is 5.56 Å². The minimum absolute atomic E-state index is 0.433. The lowest BCUT2D eigenvalue weighted by molar-refractivity contribution is 0.467. The number of aromatic nitrogens is 1. The van der Waals surface area contributed by atoms with Crippen molar-refractivity contribution in [3.05, 3.63) is 53.3 Å². The summed E-state index contributed by atoms with van der Waals surface area (Å²) in [7, 11) is 0. The van der Waals surface area contributed by atoms with Crippen LogP contribution in [-0.4, -0.2) is 11.0 Å². The Hall–Kier alpha value is -1.87. The molecule has 0 fully saturated rings. The predicted molar refractivity (Wildman–Crippen MR) is 82.2 cm³/mol. The van der Waals surface area contributed by atoms with E-state index in [1.807, 2.05) is 37.4 Å². The van der Waals surface area contributed by atoms with Crippen LogP contribution in [0.25, 0.3) is 0 Å². The SMILES string of the molecule is Cc1cccc(Oc2cc(C)ncc2CNC(C)C)c1. The number of hydrogen-bond donors (Lipinski definition) is 1. The van der Waals surface area contributed by atoms with Crippen molar-refractivity contribution in [3.63, 3.8) is 0 Å². The van der Waals surface area contributed by atoms with Crippen molar-refractivity contribution in [2.24, 2.45) is 0 Å². The van der Waals surface area contributed by atoms with Crippen LogP contribution in [-0.2, 0) is 6.54 Å². The zero-order valence-corrected chi connectivity index (χ0v) is 12.6. The minimum Gasteiger partial charge on any atom is -0.457 e. The first-order valence-corrected chi connectivity index (χ1v) is 6.98. The van der Waals surface area contributed by atoms with Crippen LogP contribution >= 0.6 is 0 Å². The van der Waals surface area contributed by atoms with Gasteiger partial charge in [0.05, 0.1) is 0 Å². The molecule has 2 aromatic rings. The van der Waals surface area contributed by atoms with Crippen molar-refractivity contribution in [3.8, 4) is 11.5 Å². The normalized spacial score (nSPS) is 10.8. The van der Waals surface area contributed by atoms with Crippen LogP contribution in [0.2, 0.25) is 0 Å². The Morgan fingerprint density at radius 3 is 2.70 bits per heavy atom. The van der Waals surface area contributed by atoms with Crippen molar-refractivity contribution in [2.75, 3.05) is 0 Å². The smallest absolute Gasteiger partial charge is 0.135 e. The Bertz CT molecular complexity index is 579. The van der Waals surface area contributed by atoms with Crippen molar-refractivity contribution < 1.29 is 4.74 Å². The molecule has 1 heterocycles. The van der Waals surface area contributed by atoms with Gasteiger partial charge in [-0.05, 0) is 31.5 Å².